The Morgan fingerprint density at radius 2 is 0.882 bits per heavy atom. The van der Waals surface area contributed by atoms with Crippen LogP contribution in [0.3, 0.4) is 0 Å². The molecule has 2 aromatic heterocycles. The van der Waals surface area contributed by atoms with Crippen LogP contribution in [0.1, 0.15) is 20.7 Å². The molecule has 4 aromatic rings. The van der Waals surface area contributed by atoms with Crippen LogP contribution in [-0.2, 0) is 0 Å². The number of nitrogens with zero attached hydrogens (tertiary/aromatic N) is 2. The molecule has 4 rings (SSSR count). The average Bonchev–Trinajstić information content (AvgIpc) is 2.83. The van der Waals surface area contributed by atoms with Crippen LogP contribution in [0, 0.1) is 0 Å². The van der Waals surface area contributed by atoms with Crippen LogP contribution < -0.4 is 10.6 Å². The molecule has 0 bridgehead atoms. The first kappa shape index (κ1) is 25.5. The van der Waals surface area contributed by atoms with Gasteiger partial charge in [-0.15, -0.1) is 0 Å². The van der Waals surface area contributed by atoms with Gasteiger partial charge in [0.2, 0.25) is 0 Å². The molecule has 2 amide bonds. The van der Waals surface area contributed by atoms with Gasteiger partial charge in [0.25, 0.3) is 11.8 Å². The monoisotopic (exact) mass is 532 g/mol. The molecule has 0 aliphatic carbocycles. The van der Waals surface area contributed by atoms with E-state index >= 15 is 0 Å². The fourth-order valence-electron chi connectivity index (χ4n) is 2.51. The number of anilines is 2. The third kappa shape index (κ3) is 8.01. The second-order valence-electron chi connectivity index (χ2n) is 6.66. The molecule has 2 aromatic carbocycles. The maximum Gasteiger partial charge on any atom is 0.255 e. The largest absolute Gasteiger partial charge is 0.321 e. The van der Waals surface area contributed by atoms with E-state index in [1.807, 2.05) is 0 Å². The summed E-state index contributed by atoms with van der Waals surface area (Å²) in [6.45, 7) is 0. The van der Waals surface area contributed by atoms with Gasteiger partial charge in [0.05, 0.1) is 23.8 Å². The molecule has 0 saturated heterocycles. The number of hydrogen-bond acceptors (Lipinski definition) is 4. The second-order valence-corrected chi connectivity index (χ2v) is 8.31. The minimum atomic E-state index is -0.217. The molecule has 10 heteroatoms. The molecule has 0 radical (unpaired) electrons. The summed E-state index contributed by atoms with van der Waals surface area (Å²) in [6.07, 6.45) is 2.99. The van der Waals surface area contributed by atoms with Gasteiger partial charge >= 0.3 is 0 Å². The van der Waals surface area contributed by atoms with E-state index in [1.54, 1.807) is 72.8 Å². The van der Waals surface area contributed by atoms with Crippen LogP contribution in [0.4, 0.5) is 11.4 Å². The molecule has 0 saturated carbocycles. The van der Waals surface area contributed by atoms with Crippen LogP contribution in [0.2, 0.25) is 20.4 Å². The lowest BCUT2D eigenvalue weighted by Crippen LogP contribution is -2.11. The summed E-state index contributed by atoms with van der Waals surface area (Å²) in [5.41, 5.74) is 2.25. The van der Waals surface area contributed by atoms with Gasteiger partial charge in [-0.3, -0.25) is 9.59 Å². The first-order chi connectivity index (χ1) is 16.3. The Balaban J connectivity index is 0.000000191. The molecule has 0 atom stereocenters. The maximum atomic E-state index is 11.8. The van der Waals surface area contributed by atoms with E-state index in [2.05, 4.69) is 20.6 Å². The number of benzene rings is 2. The molecular formula is C24H16Cl4N4O2. The van der Waals surface area contributed by atoms with E-state index in [9.17, 15) is 9.59 Å². The third-order valence-corrected chi connectivity index (χ3v) is 5.13. The van der Waals surface area contributed by atoms with Crippen molar-refractivity contribution in [3.05, 3.63) is 117 Å². The lowest BCUT2D eigenvalue weighted by molar-refractivity contribution is 0.101. The van der Waals surface area contributed by atoms with Gasteiger partial charge in [0.1, 0.15) is 10.3 Å². The van der Waals surface area contributed by atoms with Gasteiger partial charge in [-0.1, -0.05) is 46.4 Å². The van der Waals surface area contributed by atoms with Crippen molar-refractivity contribution in [3.63, 3.8) is 0 Å². The van der Waals surface area contributed by atoms with E-state index in [4.69, 9.17) is 46.4 Å². The number of halogens is 4. The lowest BCUT2D eigenvalue weighted by atomic mass is 10.2. The van der Waals surface area contributed by atoms with Crippen molar-refractivity contribution in [2.75, 3.05) is 10.6 Å². The number of nitrogens with one attached hydrogen (secondary N) is 2. The highest BCUT2D eigenvalue weighted by molar-refractivity contribution is 6.31. The highest BCUT2D eigenvalue weighted by Gasteiger charge is 2.06. The molecule has 0 unspecified atom stereocenters. The fourth-order valence-corrected chi connectivity index (χ4v) is 2.98. The van der Waals surface area contributed by atoms with E-state index in [1.165, 1.54) is 12.4 Å². The van der Waals surface area contributed by atoms with Crippen LogP contribution >= 0.6 is 46.4 Å². The highest BCUT2D eigenvalue weighted by atomic mass is 35.5. The Kier molecular flexibility index (Phi) is 9.24. The number of amides is 2. The van der Waals surface area contributed by atoms with Crippen molar-refractivity contribution in [2.45, 2.75) is 0 Å². The highest BCUT2D eigenvalue weighted by Crippen LogP contribution is 2.15. The number of rotatable bonds is 4. The van der Waals surface area contributed by atoms with Crippen molar-refractivity contribution in [1.82, 2.24) is 9.97 Å². The van der Waals surface area contributed by atoms with Crippen LogP contribution in [0.5, 0.6) is 0 Å². The van der Waals surface area contributed by atoms with E-state index in [0.717, 1.165) is 0 Å². The van der Waals surface area contributed by atoms with Crippen molar-refractivity contribution in [1.29, 1.82) is 0 Å². The minimum absolute atomic E-state index is 0.217. The first-order valence-corrected chi connectivity index (χ1v) is 11.2. The Hall–Kier alpha value is -3.16. The number of carbonyl (C=O) groups excluding carboxylic acids is 2. The molecule has 0 fully saturated rings. The molecule has 6 nitrogen and oxygen atoms in total. The molecular weight excluding hydrogens is 518 g/mol. The number of aromatic nitrogens is 2. The SMILES string of the molecule is O=C(Nc1ccc(Cl)nc1)c1ccc(Cl)cc1.O=C(Nc1ccc(Cl)nc1)c1ccc(Cl)cc1. The Labute approximate surface area is 215 Å². The zero-order chi connectivity index (χ0) is 24.5. The van der Waals surface area contributed by atoms with Gasteiger partial charge in [-0.25, -0.2) is 9.97 Å². The first-order valence-electron chi connectivity index (χ1n) is 9.67. The summed E-state index contributed by atoms with van der Waals surface area (Å²) in [5.74, 6) is -0.434. The Morgan fingerprint density at radius 1 is 0.529 bits per heavy atom. The number of pyridine rings is 2. The predicted octanol–water partition coefficient (Wildman–Crippen LogP) is 7.28. The van der Waals surface area contributed by atoms with E-state index in [0.29, 0.717) is 42.9 Å². The van der Waals surface area contributed by atoms with Crippen LogP contribution in [0.25, 0.3) is 0 Å². The summed E-state index contributed by atoms with van der Waals surface area (Å²) in [4.78, 5) is 31.3. The second kappa shape index (κ2) is 12.3. The summed E-state index contributed by atoms with van der Waals surface area (Å²) in [6, 6.07) is 19.9. The zero-order valence-electron chi connectivity index (χ0n) is 17.3. The number of carbonyl (C=O) groups is 2. The maximum absolute atomic E-state index is 11.8. The van der Waals surface area contributed by atoms with Gasteiger partial charge in [-0.2, -0.15) is 0 Å². The minimum Gasteiger partial charge on any atom is -0.321 e. The summed E-state index contributed by atoms with van der Waals surface area (Å²) in [7, 11) is 0. The van der Waals surface area contributed by atoms with Gasteiger partial charge in [-0.05, 0) is 72.8 Å². The fraction of sp³-hybridized carbons (Fsp3) is 0. The zero-order valence-corrected chi connectivity index (χ0v) is 20.3. The molecule has 0 spiro atoms. The van der Waals surface area contributed by atoms with Crippen LogP contribution in [-0.4, -0.2) is 21.8 Å². The molecule has 172 valence electrons. The van der Waals surface area contributed by atoms with Crippen molar-refractivity contribution >= 4 is 69.6 Å². The standard InChI is InChI=1S/2C12H8Cl2N2O/c2*13-9-3-1-8(2-4-9)12(17)16-10-5-6-11(14)15-7-10/h2*1-7H,(H,16,17). The Morgan fingerprint density at radius 3 is 1.18 bits per heavy atom. The normalized spacial score (nSPS) is 10.0. The molecule has 34 heavy (non-hydrogen) atoms. The quantitative estimate of drug-likeness (QED) is 0.270. The molecule has 2 N–H and O–H groups in total. The summed E-state index contributed by atoms with van der Waals surface area (Å²) < 4.78 is 0. The van der Waals surface area contributed by atoms with Gasteiger partial charge in [0.15, 0.2) is 0 Å². The molecule has 0 aliphatic rings. The van der Waals surface area contributed by atoms with Crippen molar-refractivity contribution in [3.8, 4) is 0 Å². The smallest absolute Gasteiger partial charge is 0.255 e. The van der Waals surface area contributed by atoms with E-state index < -0.39 is 0 Å². The summed E-state index contributed by atoms with van der Waals surface area (Å²) in [5, 5.41) is 7.36. The predicted molar refractivity (Wildman–Crippen MR) is 137 cm³/mol. The average molecular weight is 534 g/mol. The lowest BCUT2D eigenvalue weighted by Gasteiger charge is -2.04. The van der Waals surface area contributed by atoms with Gasteiger partial charge < -0.3 is 10.6 Å². The van der Waals surface area contributed by atoms with Gasteiger partial charge in [0, 0.05) is 21.2 Å². The van der Waals surface area contributed by atoms with Crippen molar-refractivity contribution < 1.29 is 9.59 Å². The molecule has 2 heterocycles. The third-order valence-electron chi connectivity index (χ3n) is 4.18. The van der Waals surface area contributed by atoms with Crippen LogP contribution in [0.15, 0.2) is 85.2 Å². The summed E-state index contributed by atoms with van der Waals surface area (Å²) >= 11 is 22.8. The van der Waals surface area contributed by atoms with Crippen molar-refractivity contribution in [2.24, 2.45) is 0 Å². The topological polar surface area (TPSA) is 84.0 Å². The number of hydrogen-bond donors (Lipinski definition) is 2. The van der Waals surface area contributed by atoms with E-state index in [-0.39, 0.29) is 11.8 Å². The Bertz CT molecular complexity index is 1150. The molecule has 0 aliphatic heterocycles.